The summed E-state index contributed by atoms with van der Waals surface area (Å²) in [5.41, 5.74) is 1.86. The lowest BCUT2D eigenvalue weighted by Gasteiger charge is -2.19. The van der Waals surface area contributed by atoms with Gasteiger partial charge in [0.1, 0.15) is 29.8 Å². The fourth-order valence-corrected chi connectivity index (χ4v) is 3.37. The Bertz CT molecular complexity index is 979. The molecular formula is C25H27NO5. The summed E-state index contributed by atoms with van der Waals surface area (Å²) in [5.74, 6) is -1.15. The van der Waals surface area contributed by atoms with Crippen LogP contribution in [0.25, 0.3) is 0 Å². The standard InChI is InChI=1S/C25H27NO5/c1-2-30-26-20-13-9-4-3-5-10-14-23(18-11-7-6-8-12-18)31-25(29)24-19(15-20)16-21(27)17-22(24)28/h5-13,16-17,23,27-28H,2-4,14-15H2,1H3/b10-5+,13-9+,26-20?/t23-/m0/s1. The summed E-state index contributed by atoms with van der Waals surface area (Å²) < 4.78 is 5.82. The molecule has 2 aromatic carbocycles. The number of allylic oxidation sites excluding steroid dienone is 3. The minimum Gasteiger partial charge on any atom is -0.508 e. The molecule has 0 unspecified atom stereocenters. The topological polar surface area (TPSA) is 88.4 Å². The minimum atomic E-state index is -0.661. The SMILES string of the molecule is CCON=C1/C=C/CC/C=C/C[C@@H](c2ccccc2)OC(=O)c2c(O)cc(O)cc2C1. The van der Waals surface area contributed by atoms with E-state index in [1.807, 2.05) is 55.5 Å². The summed E-state index contributed by atoms with van der Waals surface area (Å²) in [6.07, 6.45) is 9.74. The second kappa shape index (κ2) is 11.0. The molecule has 0 saturated heterocycles. The third kappa shape index (κ3) is 6.22. The maximum Gasteiger partial charge on any atom is 0.342 e. The van der Waals surface area contributed by atoms with E-state index in [2.05, 4.69) is 11.2 Å². The number of hydrogen-bond acceptors (Lipinski definition) is 6. The van der Waals surface area contributed by atoms with Crippen LogP contribution in [0.2, 0.25) is 0 Å². The first-order valence-corrected chi connectivity index (χ1v) is 10.4. The van der Waals surface area contributed by atoms with Crippen molar-refractivity contribution in [2.75, 3.05) is 6.61 Å². The molecule has 2 N–H and O–H groups in total. The first kappa shape index (κ1) is 22.2. The zero-order valence-electron chi connectivity index (χ0n) is 17.5. The van der Waals surface area contributed by atoms with Gasteiger partial charge in [0, 0.05) is 18.9 Å². The number of carbonyl (C=O) groups is 1. The number of esters is 1. The lowest BCUT2D eigenvalue weighted by Crippen LogP contribution is -2.15. The van der Waals surface area contributed by atoms with E-state index >= 15 is 0 Å². The van der Waals surface area contributed by atoms with Crippen LogP contribution in [0.4, 0.5) is 0 Å². The largest absolute Gasteiger partial charge is 0.508 e. The van der Waals surface area contributed by atoms with E-state index in [1.54, 1.807) is 0 Å². The highest BCUT2D eigenvalue weighted by atomic mass is 16.6. The van der Waals surface area contributed by atoms with Crippen LogP contribution >= 0.6 is 0 Å². The third-order valence-electron chi connectivity index (χ3n) is 4.82. The summed E-state index contributed by atoms with van der Waals surface area (Å²) in [7, 11) is 0. The summed E-state index contributed by atoms with van der Waals surface area (Å²) in [6, 6.07) is 12.1. The molecule has 31 heavy (non-hydrogen) atoms. The van der Waals surface area contributed by atoms with E-state index in [0.717, 1.165) is 24.5 Å². The highest BCUT2D eigenvalue weighted by molar-refractivity contribution is 6.00. The normalized spacial score (nSPS) is 20.9. The van der Waals surface area contributed by atoms with E-state index in [1.165, 1.54) is 6.07 Å². The molecule has 1 heterocycles. The van der Waals surface area contributed by atoms with Gasteiger partial charge in [-0.25, -0.2) is 4.79 Å². The number of aromatic hydroxyl groups is 2. The highest BCUT2D eigenvalue weighted by Gasteiger charge is 2.24. The Morgan fingerprint density at radius 1 is 1.10 bits per heavy atom. The molecule has 6 heteroatoms. The Kier molecular flexibility index (Phi) is 7.87. The summed E-state index contributed by atoms with van der Waals surface area (Å²) in [6.45, 7) is 2.23. The lowest BCUT2D eigenvalue weighted by molar-refractivity contribution is 0.0299. The number of phenolic OH excluding ortho intramolecular Hbond substituents is 2. The fourth-order valence-electron chi connectivity index (χ4n) is 3.37. The molecule has 1 aliphatic heterocycles. The molecule has 0 radical (unpaired) electrons. The Morgan fingerprint density at radius 3 is 2.65 bits per heavy atom. The molecule has 0 spiro atoms. The average Bonchev–Trinajstić information content (AvgIpc) is 2.75. The van der Waals surface area contributed by atoms with Crippen LogP contribution < -0.4 is 0 Å². The van der Waals surface area contributed by atoms with E-state index in [-0.39, 0.29) is 23.5 Å². The Morgan fingerprint density at radius 2 is 1.87 bits per heavy atom. The van der Waals surface area contributed by atoms with Crippen molar-refractivity contribution >= 4 is 11.7 Å². The van der Waals surface area contributed by atoms with Crippen LogP contribution in [-0.2, 0) is 16.0 Å². The van der Waals surface area contributed by atoms with E-state index < -0.39 is 12.1 Å². The highest BCUT2D eigenvalue weighted by Crippen LogP contribution is 2.31. The minimum absolute atomic E-state index is 0.0115. The number of benzene rings is 2. The summed E-state index contributed by atoms with van der Waals surface area (Å²) in [5, 5.41) is 24.6. The van der Waals surface area contributed by atoms with Crippen molar-refractivity contribution in [1.82, 2.24) is 0 Å². The fraction of sp³-hybridized carbons (Fsp3) is 0.280. The molecule has 0 saturated carbocycles. The molecule has 1 aliphatic rings. The van der Waals surface area contributed by atoms with Crippen LogP contribution in [-0.4, -0.2) is 28.5 Å². The van der Waals surface area contributed by atoms with Gasteiger partial charge in [-0.2, -0.15) is 0 Å². The molecule has 162 valence electrons. The maximum absolute atomic E-state index is 13.1. The number of rotatable bonds is 3. The van der Waals surface area contributed by atoms with Gasteiger partial charge in [-0.3, -0.25) is 0 Å². The second-order valence-corrected chi connectivity index (χ2v) is 7.17. The van der Waals surface area contributed by atoms with E-state index in [4.69, 9.17) is 9.57 Å². The second-order valence-electron chi connectivity index (χ2n) is 7.17. The number of ether oxygens (including phenoxy) is 1. The van der Waals surface area contributed by atoms with Crippen LogP contribution in [0.1, 0.15) is 53.8 Å². The molecule has 0 bridgehead atoms. The first-order chi connectivity index (χ1) is 15.1. The number of fused-ring (bicyclic) bond motifs is 1. The number of cyclic esters (lactones) is 1. The number of hydrogen-bond donors (Lipinski definition) is 2. The van der Waals surface area contributed by atoms with Gasteiger partial charge in [0.25, 0.3) is 0 Å². The van der Waals surface area contributed by atoms with Crippen molar-refractivity contribution in [3.8, 4) is 11.5 Å². The van der Waals surface area contributed by atoms with Gasteiger partial charge in [0.2, 0.25) is 0 Å². The van der Waals surface area contributed by atoms with Crippen molar-refractivity contribution in [2.24, 2.45) is 5.16 Å². The van der Waals surface area contributed by atoms with Crippen molar-refractivity contribution in [1.29, 1.82) is 0 Å². The van der Waals surface area contributed by atoms with Gasteiger partial charge >= 0.3 is 5.97 Å². The van der Waals surface area contributed by atoms with Crippen molar-refractivity contribution in [3.05, 3.63) is 83.5 Å². The smallest absolute Gasteiger partial charge is 0.342 e. The van der Waals surface area contributed by atoms with Crippen molar-refractivity contribution in [2.45, 2.75) is 38.7 Å². The van der Waals surface area contributed by atoms with Gasteiger partial charge in [0.15, 0.2) is 0 Å². The quantitative estimate of drug-likeness (QED) is 0.403. The molecule has 6 nitrogen and oxygen atoms in total. The molecule has 0 aliphatic carbocycles. The molecule has 0 aromatic heterocycles. The number of phenols is 2. The van der Waals surface area contributed by atoms with Crippen LogP contribution in [0.15, 0.2) is 71.9 Å². The van der Waals surface area contributed by atoms with Crippen LogP contribution in [0.5, 0.6) is 11.5 Å². The molecule has 0 amide bonds. The monoisotopic (exact) mass is 421 g/mol. The molecular weight excluding hydrogens is 394 g/mol. The number of carbonyl (C=O) groups excluding carboxylic acids is 1. The van der Waals surface area contributed by atoms with E-state index in [0.29, 0.717) is 24.3 Å². The van der Waals surface area contributed by atoms with Gasteiger partial charge in [-0.1, -0.05) is 53.7 Å². The predicted molar refractivity (Wildman–Crippen MR) is 119 cm³/mol. The predicted octanol–water partition coefficient (Wildman–Crippen LogP) is 5.23. The van der Waals surface area contributed by atoms with Crippen molar-refractivity contribution in [3.63, 3.8) is 0 Å². The van der Waals surface area contributed by atoms with Crippen molar-refractivity contribution < 1.29 is 24.6 Å². The first-order valence-electron chi connectivity index (χ1n) is 10.4. The van der Waals surface area contributed by atoms with Crippen LogP contribution in [0.3, 0.4) is 0 Å². The van der Waals surface area contributed by atoms with Gasteiger partial charge in [0.05, 0.1) is 5.71 Å². The molecule has 3 rings (SSSR count). The van der Waals surface area contributed by atoms with Crippen LogP contribution in [0, 0.1) is 0 Å². The summed E-state index contributed by atoms with van der Waals surface area (Å²) in [4.78, 5) is 18.3. The third-order valence-corrected chi connectivity index (χ3v) is 4.82. The zero-order chi connectivity index (χ0) is 22.1. The maximum atomic E-state index is 13.1. The van der Waals surface area contributed by atoms with Gasteiger partial charge in [-0.05, 0) is 43.0 Å². The zero-order valence-corrected chi connectivity index (χ0v) is 17.5. The average molecular weight is 421 g/mol. The Hall–Kier alpha value is -3.54. The summed E-state index contributed by atoms with van der Waals surface area (Å²) >= 11 is 0. The molecule has 0 fully saturated rings. The van der Waals surface area contributed by atoms with Gasteiger partial charge < -0.3 is 19.8 Å². The number of oxime groups is 1. The Balaban J connectivity index is 2.03. The van der Waals surface area contributed by atoms with Gasteiger partial charge in [-0.15, -0.1) is 0 Å². The van der Waals surface area contributed by atoms with E-state index in [9.17, 15) is 15.0 Å². The Labute approximate surface area is 182 Å². The number of nitrogens with zero attached hydrogens (tertiary/aromatic N) is 1. The molecule has 2 aromatic rings. The molecule has 1 atom stereocenters. The lowest BCUT2D eigenvalue weighted by atomic mass is 9.99.